The van der Waals surface area contributed by atoms with Gasteiger partial charge in [0, 0.05) is 13.6 Å². The van der Waals surface area contributed by atoms with Gasteiger partial charge in [-0.15, -0.1) is 0 Å². The Morgan fingerprint density at radius 1 is 1.56 bits per heavy atom. The molecule has 0 saturated heterocycles. The number of likely N-dealkylation sites (N-methyl/N-ethyl adjacent to an activating group) is 1. The summed E-state index contributed by atoms with van der Waals surface area (Å²) >= 11 is 0. The number of nitrogens with two attached hydrogens (primary N) is 2. The topological polar surface area (TPSA) is 92.6 Å². The maximum Gasteiger partial charge on any atom is 0.250 e. The fourth-order valence-corrected chi connectivity index (χ4v) is 1.67. The molecule has 1 aromatic rings. The molecule has 1 aromatic carbocycles. The molecule has 0 spiro atoms. The first kappa shape index (κ1) is 12.3. The molecule has 1 unspecified atom stereocenters. The van der Waals surface area contributed by atoms with E-state index in [-0.39, 0.29) is 0 Å². The number of carbonyl (C=O) groups is 1. The zero-order valence-corrected chi connectivity index (χ0v) is 9.47. The van der Waals surface area contributed by atoms with E-state index < -0.39 is 12.0 Å². The second-order valence-electron chi connectivity index (χ2n) is 3.84. The van der Waals surface area contributed by atoms with Gasteiger partial charge >= 0.3 is 0 Å². The van der Waals surface area contributed by atoms with Crippen LogP contribution in [0.3, 0.4) is 0 Å². The van der Waals surface area contributed by atoms with Crippen molar-refractivity contribution in [1.29, 1.82) is 0 Å². The van der Waals surface area contributed by atoms with Gasteiger partial charge in [-0.05, 0) is 19.1 Å². The Kier molecular flexibility index (Phi) is 3.73. The Labute approximate surface area is 94.7 Å². The van der Waals surface area contributed by atoms with E-state index in [1.54, 1.807) is 37.1 Å². The van der Waals surface area contributed by atoms with Crippen LogP contribution in [0.5, 0.6) is 0 Å². The average Bonchev–Trinajstić information content (AvgIpc) is 2.15. The van der Waals surface area contributed by atoms with Crippen LogP contribution in [-0.2, 0) is 0 Å². The van der Waals surface area contributed by atoms with Crippen molar-refractivity contribution in [3.8, 4) is 0 Å². The van der Waals surface area contributed by atoms with E-state index in [0.29, 0.717) is 23.5 Å². The van der Waals surface area contributed by atoms with Crippen LogP contribution >= 0.6 is 0 Å². The molecule has 1 atom stereocenters. The van der Waals surface area contributed by atoms with Gasteiger partial charge in [0.1, 0.15) is 0 Å². The van der Waals surface area contributed by atoms with Gasteiger partial charge in [0.25, 0.3) is 5.91 Å². The van der Waals surface area contributed by atoms with Crippen molar-refractivity contribution >= 4 is 17.3 Å². The smallest absolute Gasteiger partial charge is 0.250 e. The van der Waals surface area contributed by atoms with Crippen molar-refractivity contribution in [3.05, 3.63) is 23.8 Å². The lowest BCUT2D eigenvalue weighted by Gasteiger charge is -2.24. The third kappa shape index (κ3) is 2.64. The summed E-state index contributed by atoms with van der Waals surface area (Å²) in [6.07, 6.45) is -0.509. The molecule has 5 nitrogen and oxygen atoms in total. The predicted octanol–water partition coefficient (Wildman–Crippen LogP) is 0.185. The Morgan fingerprint density at radius 3 is 2.69 bits per heavy atom. The number of aliphatic hydroxyl groups excluding tert-OH is 1. The zero-order valence-electron chi connectivity index (χ0n) is 9.47. The minimum atomic E-state index is -0.528. The SMILES string of the molecule is CC(O)CN(C)c1c(N)cccc1C(N)=O. The van der Waals surface area contributed by atoms with Gasteiger partial charge in [-0.25, -0.2) is 0 Å². The van der Waals surface area contributed by atoms with Gasteiger partial charge in [0.05, 0.1) is 23.0 Å². The molecule has 0 aliphatic heterocycles. The molecule has 5 heteroatoms. The third-order valence-corrected chi connectivity index (χ3v) is 2.25. The van der Waals surface area contributed by atoms with Crippen molar-refractivity contribution in [2.24, 2.45) is 5.73 Å². The average molecular weight is 223 g/mol. The van der Waals surface area contributed by atoms with E-state index in [9.17, 15) is 9.90 Å². The summed E-state index contributed by atoms with van der Waals surface area (Å²) in [7, 11) is 1.75. The van der Waals surface area contributed by atoms with Crippen molar-refractivity contribution < 1.29 is 9.90 Å². The van der Waals surface area contributed by atoms with Crippen LogP contribution in [0.2, 0.25) is 0 Å². The Bertz CT molecular complexity index is 391. The van der Waals surface area contributed by atoms with Crippen molar-refractivity contribution in [2.75, 3.05) is 24.2 Å². The molecule has 0 saturated carbocycles. The van der Waals surface area contributed by atoms with E-state index >= 15 is 0 Å². The first-order valence-electron chi connectivity index (χ1n) is 5.01. The van der Waals surface area contributed by atoms with Crippen LogP contribution < -0.4 is 16.4 Å². The number of hydrogen-bond acceptors (Lipinski definition) is 4. The van der Waals surface area contributed by atoms with Crippen molar-refractivity contribution in [3.63, 3.8) is 0 Å². The highest BCUT2D eigenvalue weighted by Gasteiger charge is 2.15. The highest BCUT2D eigenvalue weighted by atomic mass is 16.3. The molecule has 5 N–H and O–H groups in total. The van der Waals surface area contributed by atoms with Crippen LogP contribution in [-0.4, -0.2) is 30.7 Å². The molecule has 88 valence electrons. The lowest BCUT2D eigenvalue weighted by molar-refractivity contribution is 0.100. The minimum Gasteiger partial charge on any atom is -0.397 e. The lowest BCUT2D eigenvalue weighted by atomic mass is 10.1. The monoisotopic (exact) mass is 223 g/mol. The fourth-order valence-electron chi connectivity index (χ4n) is 1.67. The molecule has 0 bridgehead atoms. The number of rotatable bonds is 4. The first-order valence-corrected chi connectivity index (χ1v) is 5.01. The number of nitrogens with zero attached hydrogens (tertiary/aromatic N) is 1. The quantitative estimate of drug-likeness (QED) is 0.635. The third-order valence-electron chi connectivity index (χ3n) is 2.25. The number of amides is 1. The number of nitrogen functional groups attached to an aromatic ring is 1. The van der Waals surface area contributed by atoms with Crippen molar-refractivity contribution in [2.45, 2.75) is 13.0 Å². The van der Waals surface area contributed by atoms with Crippen LogP contribution in [0.15, 0.2) is 18.2 Å². The summed E-state index contributed by atoms with van der Waals surface area (Å²) in [6, 6.07) is 4.99. The summed E-state index contributed by atoms with van der Waals surface area (Å²) in [5.41, 5.74) is 12.5. The molecule has 0 heterocycles. The molecule has 0 aliphatic rings. The number of aliphatic hydroxyl groups is 1. The van der Waals surface area contributed by atoms with Gasteiger partial charge in [-0.1, -0.05) is 6.07 Å². The first-order chi connectivity index (χ1) is 7.43. The highest BCUT2D eigenvalue weighted by Crippen LogP contribution is 2.26. The normalized spacial score (nSPS) is 12.2. The van der Waals surface area contributed by atoms with E-state index in [0.717, 1.165) is 0 Å². The maximum absolute atomic E-state index is 11.2. The van der Waals surface area contributed by atoms with Crippen LogP contribution in [0.4, 0.5) is 11.4 Å². The number of carbonyl (C=O) groups excluding carboxylic acids is 1. The molecule has 0 fully saturated rings. The number of primary amides is 1. The predicted molar refractivity (Wildman–Crippen MR) is 64.3 cm³/mol. The van der Waals surface area contributed by atoms with E-state index in [2.05, 4.69) is 0 Å². The van der Waals surface area contributed by atoms with E-state index in [4.69, 9.17) is 11.5 Å². The Morgan fingerprint density at radius 2 is 2.19 bits per heavy atom. The van der Waals surface area contributed by atoms with Gasteiger partial charge in [-0.2, -0.15) is 0 Å². The molecular formula is C11H17N3O2. The highest BCUT2D eigenvalue weighted by molar-refractivity contribution is 6.01. The largest absolute Gasteiger partial charge is 0.397 e. The Balaban J connectivity index is 3.14. The molecule has 0 aromatic heterocycles. The summed E-state index contributed by atoms with van der Waals surface area (Å²) in [6.45, 7) is 2.05. The molecular weight excluding hydrogens is 206 g/mol. The Hall–Kier alpha value is -1.75. The fraction of sp³-hybridized carbons (Fsp3) is 0.364. The van der Waals surface area contributed by atoms with Gasteiger partial charge in [0.2, 0.25) is 0 Å². The summed E-state index contributed by atoms with van der Waals surface area (Å²) in [5, 5.41) is 9.31. The second-order valence-corrected chi connectivity index (χ2v) is 3.84. The zero-order chi connectivity index (χ0) is 12.3. The summed E-state index contributed by atoms with van der Waals surface area (Å²) < 4.78 is 0. The molecule has 16 heavy (non-hydrogen) atoms. The van der Waals surface area contributed by atoms with Gasteiger partial charge in [0.15, 0.2) is 0 Å². The van der Waals surface area contributed by atoms with Crippen LogP contribution in [0.1, 0.15) is 17.3 Å². The van der Waals surface area contributed by atoms with Crippen molar-refractivity contribution in [1.82, 2.24) is 0 Å². The van der Waals surface area contributed by atoms with E-state index in [1.165, 1.54) is 0 Å². The van der Waals surface area contributed by atoms with E-state index in [1.807, 2.05) is 0 Å². The molecule has 1 amide bonds. The molecule has 0 radical (unpaired) electrons. The summed E-state index contributed by atoms with van der Waals surface area (Å²) in [5.74, 6) is -0.528. The minimum absolute atomic E-state index is 0.364. The number of hydrogen-bond donors (Lipinski definition) is 3. The van der Waals surface area contributed by atoms with Crippen LogP contribution in [0, 0.1) is 0 Å². The lowest BCUT2D eigenvalue weighted by Crippen LogP contribution is -2.30. The molecule has 1 rings (SSSR count). The molecule has 0 aliphatic carbocycles. The summed E-state index contributed by atoms with van der Waals surface area (Å²) in [4.78, 5) is 13.0. The standard InChI is InChI=1S/C11H17N3O2/c1-7(15)6-14(2)10-8(11(13)16)4-3-5-9(10)12/h3-5,7,15H,6,12H2,1-2H3,(H2,13,16). The number of benzene rings is 1. The van der Waals surface area contributed by atoms with Gasteiger partial charge in [-0.3, -0.25) is 4.79 Å². The van der Waals surface area contributed by atoms with Gasteiger partial charge < -0.3 is 21.5 Å². The maximum atomic E-state index is 11.2. The van der Waals surface area contributed by atoms with Crippen LogP contribution in [0.25, 0.3) is 0 Å². The second kappa shape index (κ2) is 4.85. The number of para-hydroxylation sites is 1. The number of anilines is 2.